The number of hydrogen-bond donors (Lipinski definition) is 1. The maximum Gasteiger partial charge on any atom is 0.123 e. The summed E-state index contributed by atoms with van der Waals surface area (Å²) in [6.45, 7) is 0. The molecule has 0 unspecified atom stereocenters. The second-order valence-corrected chi connectivity index (χ2v) is 13.3. The lowest BCUT2D eigenvalue weighted by atomic mass is 10.1. The van der Waals surface area contributed by atoms with Crippen LogP contribution in [-0.4, -0.2) is 15.0 Å². The van der Waals surface area contributed by atoms with Gasteiger partial charge in [-0.15, -0.1) is 34.0 Å². The van der Waals surface area contributed by atoms with Crippen LogP contribution in [0.25, 0.3) is 31.7 Å². The van der Waals surface area contributed by atoms with Gasteiger partial charge in [0.25, 0.3) is 0 Å². The summed E-state index contributed by atoms with van der Waals surface area (Å²) in [5.74, 6) is 0. The minimum Gasteiger partial charge on any atom is -0.399 e. The maximum atomic E-state index is 5.84. The van der Waals surface area contributed by atoms with Crippen LogP contribution in [0, 0.1) is 0 Å². The van der Waals surface area contributed by atoms with Crippen molar-refractivity contribution in [3.63, 3.8) is 0 Å². The molecule has 0 saturated heterocycles. The fourth-order valence-electron chi connectivity index (χ4n) is 4.75. The first-order chi connectivity index (χ1) is 23.6. The molecule has 0 radical (unpaired) electrons. The summed E-state index contributed by atoms with van der Waals surface area (Å²) in [7, 11) is 0. The lowest BCUT2D eigenvalue weighted by Gasteiger charge is -2.26. The Hall–Kier alpha value is -5.12. The SMILES string of the molecule is Clc1cccc(-c2nccs2)c1.Nc1ccccc1.c1ccc(N(c2cccc(-c3nccs3)c2)c2cccc(-c3nccs3)c2)cc1. The van der Waals surface area contributed by atoms with Gasteiger partial charge in [0, 0.05) is 79.2 Å². The standard InChI is InChI=1S/C24H17N3S2.C9H6ClNS.C6H7N/c1-2-8-20(9-3-1)27(21-10-4-6-18(16-21)23-25-12-14-28-23)22-11-5-7-19(17-22)24-26-13-15-29-24;10-8-3-1-2-7(6-8)9-11-4-5-12-9;7-6-4-2-1-3-5-6/h1-17H;1-6H;1-5H,7H2. The van der Waals surface area contributed by atoms with Crippen LogP contribution in [-0.2, 0) is 0 Å². The molecule has 2 N–H and O–H groups in total. The topological polar surface area (TPSA) is 67.9 Å². The number of rotatable bonds is 6. The molecular formula is C39H30ClN5S3. The highest BCUT2D eigenvalue weighted by Gasteiger charge is 2.15. The Morgan fingerprint density at radius 1 is 0.458 bits per heavy atom. The van der Waals surface area contributed by atoms with Crippen LogP contribution in [0.5, 0.6) is 0 Å². The first-order valence-electron chi connectivity index (χ1n) is 14.9. The van der Waals surface area contributed by atoms with Gasteiger partial charge >= 0.3 is 0 Å². The van der Waals surface area contributed by atoms with Gasteiger partial charge in [0.05, 0.1) is 0 Å². The van der Waals surface area contributed by atoms with Gasteiger partial charge in [-0.05, 0) is 60.7 Å². The summed E-state index contributed by atoms with van der Waals surface area (Å²) in [6.07, 6.45) is 5.49. The number of benzene rings is 5. The van der Waals surface area contributed by atoms with Crippen LogP contribution in [0.2, 0.25) is 5.02 Å². The Labute approximate surface area is 297 Å². The zero-order valence-corrected chi connectivity index (χ0v) is 28.8. The summed E-state index contributed by atoms with van der Waals surface area (Å²) in [6, 6.07) is 44.7. The third kappa shape index (κ3) is 8.82. The van der Waals surface area contributed by atoms with Gasteiger partial charge in [-0.1, -0.05) is 84.4 Å². The van der Waals surface area contributed by atoms with Gasteiger partial charge in [0.1, 0.15) is 15.0 Å². The molecule has 0 aliphatic rings. The molecule has 0 atom stereocenters. The number of halogens is 1. The number of nitrogens with two attached hydrogens (primary N) is 1. The average molecular weight is 700 g/mol. The van der Waals surface area contributed by atoms with Gasteiger partial charge < -0.3 is 10.6 Å². The van der Waals surface area contributed by atoms with E-state index in [9.17, 15) is 0 Å². The first kappa shape index (κ1) is 32.8. The minimum absolute atomic E-state index is 0.753. The van der Waals surface area contributed by atoms with Gasteiger partial charge in [-0.3, -0.25) is 0 Å². The predicted molar refractivity (Wildman–Crippen MR) is 207 cm³/mol. The fraction of sp³-hybridized carbons (Fsp3) is 0. The second kappa shape index (κ2) is 16.6. The van der Waals surface area contributed by atoms with Gasteiger partial charge in [0.15, 0.2) is 0 Å². The Bertz CT molecular complexity index is 2030. The molecule has 0 aliphatic heterocycles. The van der Waals surface area contributed by atoms with E-state index in [4.69, 9.17) is 17.3 Å². The van der Waals surface area contributed by atoms with E-state index >= 15 is 0 Å². The van der Waals surface area contributed by atoms with Crippen LogP contribution >= 0.6 is 45.6 Å². The Balaban J connectivity index is 0.000000172. The van der Waals surface area contributed by atoms with Crippen LogP contribution in [0.3, 0.4) is 0 Å². The monoisotopic (exact) mass is 699 g/mol. The van der Waals surface area contributed by atoms with E-state index in [1.165, 1.54) is 0 Å². The van der Waals surface area contributed by atoms with Gasteiger partial charge in [-0.25, -0.2) is 15.0 Å². The molecule has 5 nitrogen and oxygen atoms in total. The molecule has 0 bridgehead atoms. The molecule has 9 heteroatoms. The first-order valence-corrected chi connectivity index (χ1v) is 18.0. The van der Waals surface area contributed by atoms with E-state index in [0.717, 1.165) is 59.5 Å². The number of para-hydroxylation sites is 2. The van der Waals surface area contributed by atoms with Crippen molar-refractivity contribution in [2.75, 3.05) is 10.6 Å². The summed E-state index contributed by atoms with van der Waals surface area (Å²) in [4.78, 5) is 15.4. The van der Waals surface area contributed by atoms with Crippen molar-refractivity contribution in [2.45, 2.75) is 0 Å². The van der Waals surface area contributed by atoms with E-state index < -0.39 is 0 Å². The zero-order chi connectivity index (χ0) is 33.0. The molecule has 3 aromatic heterocycles. The molecule has 0 fully saturated rings. The number of aromatic nitrogens is 3. The molecule has 0 aliphatic carbocycles. The fourth-order valence-corrected chi connectivity index (χ4v) is 6.85. The van der Waals surface area contributed by atoms with E-state index in [-0.39, 0.29) is 0 Å². The van der Waals surface area contributed by atoms with Gasteiger partial charge in [0.2, 0.25) is 0 Å². The molecule has 8 rings (SSSR count). The lowest BCUT2D eigenvalue weighted by molar-refractivity contribution is 1.28. The second-order valence-electron chi connectivity index (χ2n) is 10.2. The van der Waals surface area contributed by atoms with E-state index in [1.807, 2.05) is 89.2 Å². The smallest absolute Gasteiger partial charge is 0.123 e. The van der Waals surface area contributed by atoms with Crippen LogP contribution in [0.15, 0.2) is 168 Å². The van der Waals surface area contributed by atoms with Crippen molar-refractivity contribution in [2.24, 2.45) is 0 Å². The highest BCUT2D eigenvalue weighted by Crippen LogP contribution is 2.38. The summed E-state index contributed by atoms with van der Waals surface area (Å²) >= 11 is 10.8. The molecule has 3 heterocycles. The normalized spacial score (nSPS) is 10.3. The van der Waals surface area contributed by atoms with E-state index in [2.05, 4.69) is 92.6 Å². The molecule has 0 spiro atoms. The largest absolute Gasteiger partial charge is 0.399 e. The maximum absolute atomic E-state index is 5.84. The molecule has 0 saturated carbocycles. The van der Waals surface area contributed by atoms with Crippen LogP contribution in [0.1, 0.15) is 0 Å². The summed E-state index contributed by atoms with van der Waals surface area (Å²) in [5, 5.41) is 9.78. The minimum atomic E-state index is 0.753. The molecular weight excluding hydrogens is 670 g/mol. The van der Waals surface area contributed by atoms with E-state index in [0.29, 0.717) is 0 Å². The van der Waals surface area contributed by atoms with Crippen molar-refractivity contribution >= 4 is 68.4 Å². The molecule has 5 aromatic carbocycles. The molecule has 236 valence electrons. The Kier molecular flexibility index (Phi) is 11.4. The van der Waals surface area contributed by atoms with Crippen molar-refractivity contribution in [1.82, 2.24) is 15.0 Å². The van der Waals surface area contributed by atoms with Crippen LogP contribution in [0.4, 0.5) is 22.7 Å². The quantitative estimate of drug-likeness (QED) is 0.175. The number of hydrogen-bond acceptors (Lipinski definition) is 8. The van der Waals surface area contributed by atoms with Gasteiger partial charge in [-0.2, -0.15) is 0 Å². The van der Waals surface area contributed by atoms with Crippen LogP contribution < -0.4 is 10.6 Å². The zero-order valence-electron chi connectivity index (χ0n) is 25.6. The highest BCUT2D eigenvalue weighted by molar-refractivity contribution is 7.13. The number of thiazole rings is 3. The van der Waals surface area contributed by atoms with Crippen molar-refractivity contribution in [3.05, 3.63) is 173 Å². The third-order valence-corrected chi connectivity index (χ3v) is 9.59. The average Bonchev–Trinajstić information content (AvgIpc) is 3.96. The third-order valence-electron chi connectivity index (χ3n) is 6.89. The number of nitrogens with zero attached hydrogens (tertiary/aromatic N) is 4. The molecule has 0 amide bonds. The molecule has 8 aromatic rings. The van der Waals surface area contributed by atoms with Crippen molar-refractivity contribution in [1.29, 1.82) is 0 Å². The molecule has 48 heavy (non-hydrogen) atoms. The highest BCUT2D eigenvalue weighted by atomic mass is 35.5. The summed E-state index contributed by atoms with van der Waals surface area (Å²) in [5.41, 5.74) is 12.8. The number of nitrogen functional groups attached to an aromatic ring is 1. The Morgan fingerprint density at radius 3 is 1.27 bits per heavy atom. The van der Waals surface area contributed by atoms with Crippen molar-refractivity contribution < 1.29 is 0 Å². The number of anilines is 4. The summed E-state index contributed by atoms with van der Waals surface area (Å²) < 4.78 is 0. The van der Waals surface area contributed by atoms with Crippen molar-refractivity contribution in [3.8, 4) is 31.7 Å². The van der Waals surface area contributed by atoms with E-state index in [1.54, 1.807) is 40.2 Å². The predicted octanol–water partition coefficient (Wildman–Crippen LogP) is 12.1. The Morgan fingerprint density at radius 2 is 0.875 bits per heavy atom. The lowest BCUT2D eigenvalue weighted by Crippen LogP contribution is -2.10.